The number of pyridine rings is 1. The second kappa shape index (κ2) is 8.65. The molecular formula is C15H24BrNO5Si. The number of esters is 1. The summed E-state index contributed by atoms with van der Waals surface area (Å²) in [6, 6.07) is 1.00. The summed E-state index contributed by atoms with van der Waals surface area (Å²) < 4.78 is 17.5. The third-order valence-electron chi connectivity index (χ3n) is 3.10. The summed E-state index contributed by atoms with van der Waals surface area (Å²) in [6.45, 7) is 9.29. The zero-order valence-electron chi connectivity index (χ0n) is 14.3. The van der Waals surface area contributed by atoms with E-state index in [4.69, 9.17) is 14.2 Å². The first-order valence-electron chi connectivity index (χ1n) is 7.43. The van der Waals surface area contributed by atoms with Crippen LogP contribution in [0.2, 0.25) is 25.7 Å². The first-order chi connectivity index (χ1) is 10.7. The molecule has 0 aromatic carbocycles. The van der Waals surface area contributed by atoms with Crippen LogP contribution >= 0.6 is 15.9 Å². The minimum atomic E-state index is -1.19. The molecule has 0 saturated heterocycles. The van der Waals surface area contributed by atoms with E-state index in [2.05, 4.69) is 35.6 Å². The third kappa shape index (κ3) is 5.78. The number of carbonyl (C=O) groups is 1. The van der Waals surface area contributed by atoms with Gasteiger partial charge in [-0.3, -0.25) is 9.36 Å². The highest BCUT2D eigenvalue weighted by atomic mass is 79.9. The quantitative estimate of drug-likeness (QED) is 0.377. The number of nitrogens with zero attached hydrogens (tertiary/aromatic N) is 1. The lowest BCUT2D eigenvalue weighted by atomic mass is 10.2. The number of carbonyl (C=O) groups excluding carboxylic acids is 1. The molecule has 1 aromatic rings. The zero-order valence-corrected chi connectivity index (χ0v) is 16.9. The Labute approximate surface area is 145 Å². The number of halogens is 1. The Morgan fingerprint density at radius 2 is 2.00 bits per heavy atom. The summed E-state index contributed by atoms with van der Waals surface area (Å²) in [5, 5.41) is 0. The fourth-order valence-corrected chi connectivity index (χ4v) is 3.20. The van der Waals surface area contributed by atoms with Gasteiger partial charge in [0.05, 0.1) is 18.2 Å². The molecule has 1 aromatic heterocycles. The Kier molecular flexibility index (Phi) is 7.49. The van der Waals surface area contributed by atoms with Crippen LogP contribution in [0, 0.1) is 0 Å². The maximum atomic E-state index is 12.5. The van der Waals surface area contributed by atoms with Crippen molar-refractivity contribution < 1.29 is 19.0 Å². The van der Waals surface area contributed by atoms with Crippen molar-refractivity contribution in [1.29, 1.82) is 0 Å². The van der Waals surface area contributed by atoms with Crippen molar-refractivity contribution in [2.45, 2.75) is 39.3 Å². The summed E-state index contributed by atoms with van der Waals surface area (Å²) in [4.78, 5) is 24.5. The average Bonchev–Trinajstić information content (AvgIpc) is 2.45. The van der Waals surface area contributed by atoms with Crippen LogP contribution < -0.4 is 10.3 Å². The molecule has 8 heteroatoms. The highest BCUT2D eigenvalue weighted by Crippen LogP contribution is 2.27. The van der Waals surface area contributed by atoms with Crippen LogP contribution in [-0.2, 0) is 16.2 Å². The minimum Gasteiger partial charge on any atom is -0.494 e. The topological polar surface area (TPSA) is 66.8 Å². The van der Waals surface area contributed by atoms with Crippen molar-refractivity contribution in [3.63, 3.8) is 0 Å². The van der Waals surface area contributed by atoms with Crippen molar-refractivity contribution in [1.82, 2.24) is 4.57 Å². The van der Waals surface area contributed by atoms with Crippen molar-refractivity contribution in [3.8, 4) is 5.75 Å². The Balaban J connectivity index is 3.01. The van der Waals surface area contributed by atoms with Gasteiger partial charge in [0.25, 0.3) is 5.56 Å². The lowest BCUT2D eigenvalue weighted by Crippen LogP contribution is -2.29. The van der Waals surface area contributed by atoms with E-state index in [9.17, 15) is 9.59 Å². The molecule has 130 valence electrons. The van der Waals surface area contributed by atoms with Crippen molar-refractivity contribution >= 4 is 30.0 Å². The maximum Gasteiger partial charge on any atom is 0.347 e. The van der Waals surface area contributed by atoms with Crippen molar-refractivity contribution in [2.75, 3.05) is 20.3 Å². The van der Waals surface area contributed by atoms with Gasteiger partial charge in [0, 0.05) is 20.9 Å². The number of ether oxygens (including phenoxy) is 3. The number of hydrogen-bond acceptors (Lipinski definition) is 5. The van der Waals surface area contributed by atoms with Gasteiger partial charge in [-0.1, -0.05) is 19.6 Å². The van der Waals surface area contributed by atoms with E-state index in [0.29, 0.717) is 11.1 Å². The van der Waals surface area contributed by atoms with Gasteiger partial charge in [-0.05, 0) is 28.9 Å². The molecule has 0 fully saturated rings. The molecule has 1 heterocycles. The lowest BCUT2D eigenvalue weighted by Gasteiger charge is -2.17. The molecule has 1 rings (SSSR count). The van der Waals surface area contributed by atoms with Crippen LogP contribution in [0.4, 0.5) is 0 Å². The Hall–Kier alpha value is -1.12. The molecule has 0 saturated carbocycles. The van der Waals surface area contributed by atoms with Crippen LogP contribution in [0.1, 0.15) is 17.3 Å². The second-order valence-electron chi connectivity index (χ2n) is 6.23. The van der Waals surface area contributed by atoms with E-state index in [1.165, 1.54) is 11.7 Å². The van der Waals surface area contributed by atoms with E-state index in [1.807, 2.05) is 0 Å². The molecular weight excluding hydrogens is 382 g/mol. The average molecular weight is 406 g/mol. The van der Waals surface area contributed by atoms with Crippen LogP contribution in [0.3, 0.4) is 0 Å². The normalized spacial score (nSPS) is 11.4. The second-order valence-corrected chi connectivity index (χ2v) is 12.7. The maximum absolute atomic E-state index is 12.5. The summed E-state index contributed by atoms with van der Waals surface area (Å²) in [7, 11) is 0.210. The van der Waals surface area contributed by atoms with Gasteiger partial charge in [-0.15, -0.1) is 0 Å². The number of rotatable bonds is 8. The van der Waals surface area contributed by atoms with Crippen LogP contribution in [0.15, 0.2) is 15.5 Å². The van der Waals surface area contributed by atoms with E-state index < -0.39 is 19.6 Å². The first kappa shape index (κ1) is 19.9. The largest absolute Gasteiger partial charge is 0.494 e. The van der Waals surface area contributed by atoms with E-state index in [0.717, 1.165) is 6.04 Å². The highest BCUT2D eigenvalue weighted by molar-refractivity contribution is 9.10. The number of hydrogen-bond donors (Lipinski definition) is 0. The molecule has 0 aliphatic carbocycles. The molecule has 0 bridgehead atoms. The van der Waals surface area contributed by atoms with Gasteiger partial charge < -0.3 is 14.2 Å². The summed E-state index contributed by atoms with van der Waals surface area (Å²) >= 11 is 3.31. The molecule has 0 aliphatic rings. The molecule has 0 aliphatic heterocycles. The first-order valence-corrected chi connectivity index (χ1v) is 11.9. The van der Waals surface area contributed by atoms with Crippen LogP contribution in [-0.4, -0.2) is 38.9 Å². The Bertz CT molecular complexity index is 609. The Morgan fingerprint density at radius 3 is 2.52 bits per heavy atom. The fraction of sp³-hybridized carbons (Fsp3) is 0.600. The van der Waals surface area contributed by atoms with Gasteiger partial charge in [-0.25, -0.2) is 4.79 Å². The fourth-order valence-electron chi connectivity index (χ4n) is 1.83. The monoisotopic (exact) mass is 405 g/mol. The zero-order chi connectivity index (χ0) is 17.6. The van der Waals surface area contributed by atoms with Gasteiger partial charge in [0.2, 0.25) is 0 Å². The molecule has 0 atom stereocenters. The van der Waals surface area contributed by atoms with Crippen LogP contribution in [0.5, 0.6) is 5.75 Å². The SMILES string of the molecule is CCOC(=O)c1c(OC)c(Br)cn(COCC[Si](C)(C)C)c1=O. The third-order valence-corrected chi connectivity index (χ3v) is 5.37. The Morgan fingerprint density at radius 1 is 1.35 bits per heavy atom. The summed E-state index contributed by atoms with van der Waals surface area (Å²) in [6.07, 6.45) is 1.55. The smallest absolute Gasteiger partial charge is 0.347 e. The highest BCUT2D eigenvalue weighted by Gasteiger charge is 2.23. The van der Waals surface area contributed by atoms with Crippen LogP contribution in [0.25, 0.3) is 0 Å². The van der Waals surface area contributed by atoms with Gasteiger partial charge in [0.15, 0.2) is 11.3 Å². The molecule has 0 radical (unpaired) electrons. The molecule has 23 heavy (non-hydrogen) atoms. The number of methoxy groups -OCH3 is 1. The minimum absolute atomic E-state index is 0.0817. The van der Waals surface area contributed by atoms with Crippen molar-refractivity contribution in [2.24, 2.45) is 0 Å². The molecule has 0 N–H and O–H groups in total. The molecule has 0 unspecified atom stereocenters. The molecule has 6 nitrogen and oxygen atoms in total. The predicted molar refractivity (Wildman–Crippen MR) is 95.0 cm³/mol. The summed E-state index contributed by atoms with van der Waals surface area (Å²) in [5.41, 5.74) is -0.617. The van der Waals surface area contributed by atoms with Gasteiger partial charge >= 0.3 is 5.97 Å². The predicted octanol–water partition coefficient (Wildman–Crippen LogP) is 3.11. The molecule has 0 spiro atoms. The van der Waals surface area contributed by atoms with E-state index >= 15 is 0 Å². The standard InChI is InChI=1S/C15H24BrNO5Si/c1-6-22-15(19)12-13(20-2)11(16)9-17(14(12)18)10-21-7-8-23(3,4)5/h9H,6-8,10H2,1-5H3. The lowest BCUT2D eigenvalue weighted by molar-refractivity contribution is 0.0514. The van der Waals surface area contributed by atoms with E-state index in [1.54, 1.807) is 13.1 Å². The van der Waals surface area contributed by atoms with Gasteiger partial charge in [-0.2, -0.15) is 0 Å². The molecule has 0 amide bonds. The van der Waals surface area contributed by atoms with Crippen molar-refractivity contribution in [3.05, 3.63) is 26.6 Å². The van der Waals surface area contributed by atoms with Gasteiger partial charge in [0.1, 0.15) is 6.73 Å². The number of aromatic nitrogens is 1. The van der Waals surface area contributed by atoms with E-state index in [-0.39, 0.29) is 24.7 Å². The summed E-state index contributed by atoms with van der Waals surface area (Å²) in [5.74, 6) is -0.529.